The number of halogens is 2. The topological polar surface area (TPSA) is 26.3 Å². The van der Waals surface area contributed by atoms with Crippen molar-refractivity contribution in [1.29, 1.82) is 0 Å². The van der Waals surface area contributed by atoms with Crippen LogP contribution in [0.25, 0.3) is 0 Å². The molecule has 66 valence electrons. The molecule has 1 rings (SSSR count). The SMILES string of the molecule is COC(=O)c1sccc1C(Br)Br. The maximum Gasteiger partial charge on any atom is 0.348 e. The Morgan fingerprint density at radius 2 is 2.33 bits per heavy atom. The van der Waals surface area contributed by atoms with E-state index in [-0.39, 0.29) is 9.71 Å². The maximum atomic E-state index is 11.1. The molecule has 1 aromatic heterocycles. The van der Waals surface area contributed by atoms with E-state index in [0.717, 1.165) is 5.56 Å². The molecule has 0 aliphatic carbocycles. The van der Waals surface area contributed by atoms with Gasteiger partial charge in [0.15, 0.2) is 0 Å². The van der Waals surface area contributed by atoms with Crippen LogP contribution in [-0.4, -0.2) is 13.1 Å². The number of carbonyl (C=O) groups excluding carboxylic acids is 1. The van der Waals surface area contributed by atoms with Crippen LogP contribution in [0.1, 0.15) is 19.0 Å². The fraction of sp³-hybridized carbons (Fsp3) is 0.286. The molecule has 0 aliphatic rings. The quantitative estimate of drug-likeness (QED) is 0.618. The summed E-state index contributed by atoms with van der Waals surface area (Å²) in [7, 11) is 1.38. The van der Waals surface area contributed by atoms with E-state index < -0.39 is 0 Å². The zero-order valence-corrected chi connectivity index (χ0v) is 10.2. The number of thiophene rings is 1. The van der Waals surface area contributed by atoms with Crippen LogP contribution in [0.5, 0.6) is 0 Å². The largest absolute Gasteiger partial charge is 0.465 e. The van der Waals surface area contributed by atoms with Gasteiger partial charge >= 0.3 is 5.97 Å². The van der Waals surface area contributed by atoms with Gasteiger partial charge in [-0.1, -0.05) is 31.9 Å². The Morgan fingerprint density at radius 3 is 2.83 bits per heavy atom. The van der Waals surface area contributed by atoms with Crippen molar-refractivity contribution in [1.82, 2.24) is 0 Å². The molecule has 0 aromatic carbocycles. The second-order valence-corrected chi connectivity index (χ2v) is 5.97. The summed E-state index contributed by atoms with van der Waals surface area (Å²) in [4.78, 5) is 11.8. The first kappa shape index (κ1) is 10.2. The Hall–Kier alpha value is 0.130. The van der Waals surface area contributed by atoms with Crippen LogP contribution in [0.4, 0.5) is 0 Å². The second-order valence-electron chi connectivity index (χ2n) is 2.00. The second kappa shape index (κ2) is 4.39. The molecule has 12 heavy (non-hydrogen) atoms. The summed E-state index contributed by atoms with van der Waals surface area (Å²) in [6.45, 7) is 0. The van der Waals surface area contributed by atoms with Crippen molar-refractivity contribution in [2.75, 3.05) is 7.11 Å². The Kier molecular flexibility index (Phi) is 3.74. The number of hydrogen-bond acceptors (Lipinski definition) is 3. The number of ether oxygens (including phenoxy) is 1. The molecular formula is C7H6Br2O2S. The summed E-state index contributed by atoms with van der Waals surface area (Å²) in [6.07, 6.45) is 0. The Balaban J connectivity index is 2.99. The van der Waals surface area contributed by atoms with E-state index in [2.05, 4.69) is 36.6 Å². The van der Waals surface area contributed by atoms with Gasteiger partial charge in [0.25, 0.3) is 0 Å². The van der Waals surface area contributed by atoms with Crippen LogP contribution in [0.3, 0.4) is 0 Å². The van der Waals surface area contributed by atoms with Gasteiger partial charge in [-0.15, -0.1) is 11.3 Å². The van der Waals surface area contributed by atoms with Gasteiger partial charge in [-0.25, -0.2) is 4.79 Å². The Labute approximate surface area is 91.2 Å². The van der Waals surface area contributed by atoms with Gasteiger partial charge in [0.1, 0.15) is 4.88 Å². The summed E-state index contributed by atoms with van der Waals surface area (Å²) >= 11 is 8.03. The smallest absolute Gasteiger partial charge is 0.348 e. The fourth-order valence-electron chi connectivity index (χ4n) is 0.750. The molecule has 0 bridgehead atoms. The molecule has 0 saturated heterocycles. The van der Waals surface area contributed by atoms with E-state index in [4.69, 9.17) is 0 Å². The van der Waals surface area contributed by atoms with Crippen LogP contribution >= 0.6 is 43.2 Å². The minimum absolute atomic E-state index is 0.00495. The zero-order chi connectivity index (χ0) is 9.14. The van der Waals surface area contributed by atoms with Crippen molar-refractivity contribution >= 4 is 49.2 Å². The van der Waals surface area contributed by atoms with E-state index in [1.54, 1.807) is 0 Å². The monoisotopic (exact) mass is 312 g/mol. The van der Waals surface area contributed by atoms with Gasteiger partial charge in [0.05, 0.1) is 10.8 Å². The number of esters is 1. The maximum absolute atomic E-state index is 11.1. The molecule has 0 N–H and O–H groups in total. The minimum atomic E-state index is -0.288. The molecule has 0 atom stereocenters. The number of alkyl halides is 2. The van der Waals surface area contributed by atoms with Crippen LogP contribution in [0.15, 0.2) is 11.4 Å². The van der Waals surface area contributed by atoms with Crippen molar-refractivity contribution in [2.24, 2.45) is 0 Å². The van der Waals surface area contributed by atoms with Crippen molar-refractivity contribution in [3.8, 4) is 0 Å². The van der Waals surface area contributed by atoms with Crippen molar-refractivity contribution < 1.29 is 9.53 Å². The molecule has 0 fully saturated rings. The molecule has 0 unspecified atom stereocenters. The van der Waals surface area contributed by atoms with Gasteiger partial charge in [-0.2, -0.15) is 0 Å². The highest BCUT2D eigenvalue weighted by Gasteiger charge is 2.16. The lowest BCUT2D eigenvalue weighted by atomic mass is 10.3. The van der Waals surface area contributed by atoms with Gasteiger partial charge in [0, 0.05) is 5.56 Å². The van der Waals surface area contributed by atoms with Gasteiger partial charge < -0.3 is 4.74 Å². The summed E-state index contributed by atoms with van der Waals surface area (Å²) < 4.78 is 4.62. The summed E-state index contributed by atoms with van der Waals surface area (Å²) in [5.74, 6) is -0.288. The summed E-state index contributed by atoms with van der Waals surface area (Å²) in [5.41, 5.74) is 0.909. The molecule has 1 aromatic rings. The lowest BCUT2D eigenvalue weighted by Gasteiger charge is -2.01. The number of rotatable bonds is 2. The molecule has 0 amide bonds. The van der Waals surface area contributed by atoms with Crippen molar-refractivity contribution in [2.45, 2.75) is 3.74 Å². The minimum Gasteiger partial charge on any atom is -0.465 e. The molecule has 2 nitrogen and oxygen atoms in total. The highest BCUT2D eigenvalue weighted by Crippen LogP contribution is 2.34. The molecule has 0 saturated carbocycles. The molecular weight excluding hydrogens is 308 g/mol. The highest BCUT2D eigenvalue weighted by atomic mass is 79.9. The Morgan fingerprint density at radius 1 is 1.67 bits per heavy atom. The van der Waals surface area contributed by atoms with Crippen LogP contribution in [0, 0.1) is 0 Å². The Bertz CT molecular complexity index is 283. The predicted octanol–water partition coefficient (Wildman–Crippen LogP) is 3.32. The van der Waals surface area contributed by atoms with E-state index in [1.807, 2.05) is 11.4 Å². The van der Waals surface area contributed by atoms with Crippen LogP contribution < -0.4 is 0 Å². The third-order valence-corrected chi connectivity index (χ3v) is 3.20. The zero-order valence-electron chi connectivity index (χ0n) is 6.21. The van der Waals surface area contributed by atoms with Gasteiger partial charge in [-0.3, -0.25) is 0 Å². The molecule has 5 heteroatoms. The fourth-order valence-corrected chi connectivity index (χ4v) is 2.67. The van der Waals surface area contributed by atoms with Gasteiger partial charge in [-0.05, 0) is 11.4 Å². The van der Waals surface area contributed by atoms with Crippen molar-refractivity contribution in [3.63, 3.8) is 0 Å². The first-order valence-electron chi connectivity index (χ1n) is 3.10. The lowest BCUT2D eigenvalue weighted by Crippen LogP contribution is -2.01. The van der Waals surface area contributed by atoms with E-state index in [9.17, 15) is 4.79 Å². The van der Waals surface area contributed by atoms with Gasteiger partial charge in [0.2, 0.25) is 0 Å². The molecule has 1 heterocycles. The highest BCUT2D eigenvalue weighted by molar-refractivity contribution is 9.24. The molecule has 0 spiro atoms. The number of carbonyl (C=O) groups is 1. The third-order valence-electron chi connectivity index (χ3n) is 1.30. The summed E-state index contributed by atoms with van der Waals surface area (Å²) in [6, 6.07) is 1.88. The normalized spacial score (nSPS) is 10.3. The lowest BCUT2D eigenvalue weighted by molar-refractivity contribution is 0.0605. The van der Waals surface area contributed by atoms with Crippen LogP contribution in [0.2, 0.25) is 0 Å². The van der Waals surface area contributed by atoms with Crippen LogP contribution in [-0.2, 0) is 4.74 Å². The standard InChI is InChI=1S/C7H6Br2O2S/c1-11-7(10)5-4(6(8)9)2-3-12-5/h2-3,6H,1H3. The predicted molar refractivity (Wildman–Crippen MR) is 56.3 cm³/mol. The average molecular weight is 314 g/mol. The van der Waals surface area contributed by atoms with Crippen molar-refractivity contribution in [3.05, 3.63) is 21.9 Å². The molecule has 0 aliphatic heterocycles. The molecule has 0 radical (unpaired) electrons. The van der Waals surface area contributed by atoms with E-state index in [1.165, 1.54) is 18.4 Å². The number of hydrogen-bond donors (Lipinski definition) is 0. The third kappa shape index (κ3) is 2.08. The first-order chi connectivity index (χ1) is 5.66. The van der Waals surface area contributed by atoms with E-state index in [0.29, 0.717) is 4.88 Å². The summed E-state index contributed by atoms with van der Waals surface area (Å²) in [5, 5.41) is 1.86. The number of methoxy groups -OCH3 is 1. The first-order valence-corrected chi connectivity index (χ1v) is 5.81. The average Bonchev–Trinajstić information content (AvgIpc) is 2.50. The van der Waals surface area contributed by atoms with E-state index >= 15 is 0 Å².